The maximum Gasteiger partial charge on any atom is 0.134 e. The van der Waals surface area contributed by atoms with Crippen LogP contribution in [0.25, 0.3) is 0 Å². The zero-order chi connectivity index (χ0) is 13.5. The molecule has 0 aliphatic heterocycles. The number of nitrogens with zero attached hydrogens (tertiary/aromatic N) is 2. The van der Waals surface area contributed by atoms with Crippen molar-refractivity contribution in [2.75, 3.05) is 30.8 Å². The fraction of sp³-hybridized carbons (Fsp3) is 0.692. The SMILES string of the molecule is CCc1nc(NC)c(C)c(NCC(C)CCO)n1. The predicted molar refractivity (Wildman–Crippen MR) is 75.1 cm³/mol. The van der Waals surface area contributed by atoms with Crippen LogP contribution in [0.3, 0.4) is 0 Å². The Morgan fingerprint density at radius 2 is 1.94 bits per heavy atom. The Morgan fingerprint density at radius 3 is 2.50 bits per heavy atom. The van der Waals surface area contributed by atoms with Gasteiger partial charge in [0.05, 0.1) is 0 Å². The summed E-state index contributed by atoms with van der Waals surface area (Å²) < 4.78 is 0. The number of nitrogens with one attached hydrogen (secondary N) is 2. The fourth-order valence-corrected chi connectivity index (χ4v) is 1.73. The number of aryl methyl sites for hydroxylation is 1. The van der Waals surface area contributed by atoms with Crippen molar-refractivity contribution in [3.63, 3.8) is 0 Å². The second-order valence-electron chi connectivity index (χ2n) is 4.56. The van der Waals surface area contributed by atoms with Gasteiger partial charge in [0.1, 0.15) is 17.5 Å². The lowest BCUT2D eigenvalue weighted by Crippen LogP contribution is -2.16. The van der Waals surface area contributed by atoms with E-state index in [4.69, 9.17) is 5.11 Å². The molecule has 1 heterocycles. The van der Waals surface area contributed by atoms with Gasteiger partial charge < -0.3 is 15.7 Å². The Hall–Kier alpha value is -1.36. The molecule has 1 aromatic heterocycles. The summed E-state index contributed by atoms with van der Waals surface area (Å²) in [5.74, 6) is 3.02. The molecule has 0 fully saturated rings. The summed E-state index contributed by atoms with van der Waals surface area (Å²) >= 11 is 0. The van der Waals surface area contributed by atoms with Gasteiger partial charge in [-0.1, -0.05) is 13.8 Å². The molecule has 0 spiro atoms. The highest BCUT2D eigenvalue weighted by atomic mass is 16.3. The first-order valence-electron chi connectivity index (χ1n) is 6.52. The van der Waals surface area contributed by atoms with Gasteiger partial charge in [-0.25, -0.2) is 9.97 Å². The lowest BCUT2D eigenvalue weighted by molar-refractivity contribution is 0.266. The monoisotopic (exact) mass is 252 g/mol. The summed E-state index contributed by atoms with van der Waals surface area (Å²) in [7, 11) is 1.87. The summed E-state index contributed by atoms with van der Waals surface area (Å²) in [5.41, 5.74) is 1.03. The van der Waals surface area contributed by atoms with Crippen LogP contribution in [0.5, 0.6) is 0 Å². The lowest BCUT2D eigenvalue weighted by atomic mass is 10.1. The van der Waals surface area contributed by atoms with Crippen LogP contribution in [0.1, 0.15) is 31.7 Å². The summed E-state index contributed by atoms with van der Waals surface area (Å²) in [6.07, 6.45) is 1.62. The fourth-order valence-electron chi connectivity index (χ4n) is 1.73. The highest BCUT2D eigenvalue weighted by Crippen LogP contribution is 2.20. The first-order valence-corrected chi connectivity index (χ1v) is 6.52. The van der Waals surface area contributed by atoms with E-state index >= 15 is 0 Å². The Morgan fingerprint density at radius 1 is 1.28 bits per heavy atom. The molecule has 0 bridgehead atoms. The normalized spacial score (nSPS) is 12.3. The van der Waals surface area contributed by atoms with Gasteiger partial charge in [-0.3, -0.25) is 0 Å². The maximum absolute atomic E-state index is 8.89. The van der Waals surface area contributed by atoms with Gasteiger partial charge in [0.25, 0.3) is 0 Å². The third-order valence-corrected chi connectivity index (χ3v) is 2.99. The minimum Gasteiger partial charge on any atom is -0.396 e. The van der Waals surface area contributed by atoms with E-state index in [0.717, 1.165) is 42.4 Å². The average Bonchev–Trinajstić information content (AvgIpc) is 2.38. The standard InChI is InChI=1S/C13H24N4O/c1-5-11-16-12(14-4)10(3)13(17-11)15-8-9(2)6-7-18/h9,18H,5-8H2,1-4H3,(H2,14,15,16,17). The minimum atomic E-state index is 0.230. The van der Waals surface area contributed by atoms with Crippen LogP contribution in [0.15, 0.2) is 0 Å². The number of aliphatic hydroxyl groups excluding tert-OH is 1. The number of hydrogen-bond donors (Lipinski definition) is 3. The van der Waals surface area contributed by atoms with Crippen LogP contribution in [0.2, 0.25) is 0 Å². The van der Waals surface area contributed by atoms with E-state index in [1.807, 2.05) is 20.9 Å². The van der Waals surface area contributed by atoms with Crippen molar-refractivity contribution in [1.82, 2.24) is 9.97 Å². The molecule has 0 saturated heterocycles. The molecule has 0 aromatic carbocycles. The maximum atomic E-state index is 8.89. The molecule has 0 saturated carbocycles. The second-order valence-corrected chi connectivity index (χ2v) is 4.56. The molecule has 18 heavy (non-hydrogen) atoms. The third-order valence-electron chi connectivity index (χ3n) is 2.99. The van der Waals surface area contributed by atoms with Gasteiger partial charge in [-0.2, -0.15) is 0 Å². The number of aliphatic hydroxyl groups is 1. The van der Waals surface area contributed by atoms with Crippen molar-refractivity contribution in [2.24, 2.45) is 5.92 Å². The predicted octanol–water partition coefficient (Wildman–Crippen LogP) is 1.82. The molecule has 0 aliphatic carbocycles. The van der Waals surface area contributed by atoms with Crippen molar-refractivity contribution in [2.45, 2.75) is 33.6 Å². The van der Waals surface area contributed by atoms with Gasteiger partial charge in [-0.15, -0.1) is 0 Å². The zero-order valence-electron chi connectivity index (χ0n) is 11.7. The van der Waals surface area contributed by atoms with E-state index in [2.05, 4.69) is 27.5 Å². The number of rotatable bonds is 7. The molecular formula is C13H24N4O. The average molecular weight is 252 g/mol. The number of hydrogen-bond acceptors (Lipinski definition) is 5. The van der Waals surface area contributed by atoms with Crippen LogP contribution in [-0.2, 0) is 6.42 Å². The molecule has 102 valence electrons. The van der Waals surface area contributed by atoms with Gasteiger partial charge in [0, 0.05) is 32.2 Å². The van der Waals surface area contributed by atoms with E-state index in [1.54, 1.807) is 0 Å². The van der Waals surface area contributed by atoms with Crippen LogP contribution in [0, 0.1) is 12.8 Å². The molecule has 0 amide bonds. The number of anilines is 2. The topological polar surface area (TPSA) is 70.1 Å². The van der Waals surface area contributed by atoms with Gasteiger partial charge in [0.15, 0.2) is 0 Å². The highest BCUT2D eigenvalue weighted by Gasteiger charge is 2.10. The molecule has 1 unspecified atom stereocenters. The summed E-state index contributed by atoms with van der Waals surface area (Å²) in [4.78, 5) is 8.94. The minimum absolute atomic E-state index is 0.230. The first kappa shape index (κ1) is 14.7. The summed E-state index contributed by atoms with van der Waals surface area (Å²) in [5, 5.41) is 15.3. The zero-order valence-corrected chi connectivity index (χ0v) is 11.7. The molecule has 0 aliphatic rings. The Labute approximate surface area is 109 Å². The molecule has 0 radical (unpaired) electrons. The van der Waals surface area contributed by atoms with E-state index in [1.165, 1.54) is 0 Å². The van der Waals surface area contributed by atoms with E-state index < -0.39 is 0 Å². The van der Waals surface area contributed by atoms with Crippen LogP contribution < -0.4 is 10.6 Å². The quantitative estimate of drug-likeness (QED) is 0.690. The highest BCUT2D eigenvalue weighted by molar-refractivity contribution is 5.56. The van der Waals surface area contributed by atoms with Gasteiger partial charge >= 0.3 is 0 Å². The molecule has 5 heteroatoms. The van der Waals surface area contributed by atoms with E-state index in [9.17, 15) is 0 Å². The molecule has 3 N–H and O–H groups in total. The Balaban J connectivity index is 2.80. The van der Waals surface area contributed by atoms with Crippen molar-refractivity contribution >= 4 is 11.6 Å². The van der Waals surface area contributed by atoms with Crippen molar-refractivity contribution in [3.8, 4) is 0 Å². The summed E-state index contributed by atoms with van der Waals surface area (Å²) in [6.45, 7) is 7.20. The Bertz CT molecular complexity index is 381. The van der Waals surface area contributed by atoms with E-state index in [0.29, 0.717) is 5.92 Å². The van der Waals surface area contributed by atoms with Crippen LogP contribution in [0.4, 0.5) is 11.6 Å². The summed E-state index contributed by atoms with van der Waals surface area (Å²) in [6, 6.07) is 0. The molecule has 1 aromatic rings. The third kappa shape index (κ3) is 3.84. The molecule has 5 nitrogen and oxygen atoms in total. The van der Waals surface area contributed by atoms with Crippen LogP contribution in [-0.4, -0.2) is 35.3 Å². The number of aromatic nitrogens is 2. The van der Waals surface area contributed by atoms with Crippen molar-refractivity contribution in [3.05, 3.63) is 11.4 Å². The van der Waals surface area contributed by atoms with E-state index in [-0.39, 0.29) is 6.61 Å². The molecular weight excluding hydrogens is 228 g/mol. The van der Waals surface area contributed by atoms with Gasteiger partial charge in [-0.05, 0) is 19.3 Å². The smallest absolute Gasteiger partial charge is 0.134 e. The molecule has 1 rings (SSSR count). The molecule has 1 atom stereocenters. The van der Waals surface area contributed by atoms with Crippen LogP contribution >= 0.6 is 0 Å². The Kier molecular flexibility index (Phi) is 5.85. The lowest BCUT2D eigenvalue weighted by Gasteiger charge is -2.16. The first-order chi connectivity index (χ1) is 8.62. The largest absolute Gasteiger partial charge is 0.396 e. The second kappa shape index (κ2) is 7.16. The van der Waals surface area contributed by atoms with Gasteiger partial charge in [0.2, 0.25) is 0 Å². The van der Waals surface area contributed by atoms with Crippen molar-refractivity contribution < 1.29 is 5.11 Å². The van der Waals surface area contributed by atoms with Crippen molar-refractivity contribution in [1.29, 1.82) is 0 Å².